The Labute approximate surface area is 163 Å². The van der Waals surface area contributed by atoms with Crippen LogP contribution in [-0.4, -0.2) is 36.1 Å². The number of aromatic nitrogens is 6. The first-order chi connectivity index (χ1) is 13.4. The second kappa shape index (κ2) is 6.97. The van der Waals surface area contributed by atoms with E-state index in [2.05, 4.69) is 25.5 Å². The number of H-pyrrole nitrogens is 1. The fourth-order valence-corrected chi connectivity index (χ4v) is 3.84. The van der Waals surface area contributed by atoms with Gasteiger partial charge in [0.1, 0.15) is 11.2 Å². The third-order valence-corrected chi connectivity index (χ3v) is 5.52. The van der Waals surface area contributed by atoms with Crippen molar-refractivity contribution in [2.75, 3.05) is 0 Å². The number of tetrazole rings is 1. The number of aryl methyl sites for hydroxylation is 2. The molecule has 0 fully saturated rings. The summed E-state index contributed by atoms with van der Waals surface area (Å²) < 4.78 is 6.95. The Bertz CT molecular complexity index is 1230. The second-order valence-electron chi connectivity index (χ2n) is 6.27. The predicted octanol–water partition coefficient (Wildman–Crippen LogP) is 2.50. The first-order valence-electron chi connectivity index (χ1n) is 8.48. The Kier molecular flexibility index (Phi) is 4.47. The lowest BCUT2D eigenvalue weighted by Gasteiger charge is -2.13. The zero-order chi connectivity index (χ0) is 19.8. The first kappa shape index (κ1) is 18.0. The number of benzene rings is 1. The number of ether oxygens (including phenoxy) is 1. The van der Waals surface area contributed by atoms with Crippen LogP contribution in [0, 0.1) is 13.8 Å². The third kappa shape index (κ3) is 3.18. The van der Waals surface area contributed by atoms with Gasteiger partial charge in [0.2, 0.25) is 0 Å². The Hall–Kier alpha value is -3.40. The van der Waals surface area contributed by atoms with Crippen molar-refractivity contribution in [2.45, 2.75) is 26.9 Å². The van der Waals surface area contributed by atoms with Crippen molar-refractivity contribution in [3.63, 3.8) is 0 Å². The number of rotatable bonds is 4. The van der Waals surface area contributed by atoms with Crippen LogP contribution in [0.5, 0.6) is 0 Å². The van der Waals surface area contributed by atoms with E-state index in [4.69, 9.17) is 4.74 Å². The summed E-state index contributed by atoms with van der Waals surface area (Å²) in [4.78, 5) is 33.9. The van der Waals surface area contributed by atoms with E-state index in [9.17, 15) is 9.59 Å². The van der Waals surface area contributed by atoms with Crippen molar-refractivity contribution >= 4 is 27.5 Å². The van der Waals surface area contributed by atoms with E-state index in [-0.39, 0.29) is 5.56 Å². The van der Waals surface area contributed by atoms with Gasteiger partial charge in [-0.25, -0.2) is 14.5 Å². The number of hydrogen-bond donors (Lipinski definition) is 1. The number of thiophene rings is 1. The molecule has 0 spiro atoms. The van der Waals surface area contributed by atoms with Crippen LogP contribution in [0.4, 0.5) is 0 Å². The van der Waals surface area contributed by atoms with E-state index in [0.717, 1.165) is 10.4 Å². The quantitative estimate of drug-likeness (QED) is 0.527. The second-order valence-corrected chi connectivity index (χ2v) is 7.47. The van der Waals surface area contributed by atoms with Gasteiger partial charge in [0.15, 0.2) is 11.9 Å². The topological polar surface area (TPSA) is 116 Å². The Morgan fingerprint density at radius 3 is 2.89 bits per heavy atom. The van der Waals surface area contributed by atoms with Gasteiger partial charge in [0.05, 0.1) is 16.6 Å². The van der Waals surface area contributed by atoms with Crippen molar-refractivity contribution in [3.8, 4) is 5.69 Å². The van der Waals surface area contributed by atoms with Crippen LogP contribution in [0.3, 0.4) is 0 Å². The molecule has 4 rings (SSSR count). The lowest BCUT2D eigenvalue weighted by molar-refractivity contribution is 0.0320. The Morgan fingerprint density at radius 1 is 1.32 bits per heavy atom. The maximum absolute atomic E-state index is 12.6. The average molecular weight is 396 g/mol. The summed E-state index contributed by atoms with van der Waals surface area (Å²) in [5.74, 6) is -0.229. The molecule has 3 heterocycles. The third-order valence-electron chi connectivity index (χ3n) is 4.42. The van der Waals surface area contributed by atoms with Crippen LogP contribution in [0.1, 0.15) is 39.7 Å². The van der Waals surface area contributed by atoms with E-state index >= 15 is 0 Å². The number of carbonyl (C=O) groups is 1. The number of aromatic amines is 1. The molecule has 3 aromatic heterocycles. The van der Waals surface area contributed by atoms with E-state index in [1.54, 1.807) is 31.2 Å². The number of fused-ring (bicyclic) bond motifs is 1. The number of nitrogens with one attached hydrogen (secondary N) is 1. The SMILES string of the molecule is Cc1sc2nc([C@@H](C)OC(=O)c3cccc(-n4cnnn4)c3)[nH]c(=O)c2c1C. The summed E-state index contributed by atoms with van der Waals surface area (Å²) in [6.07, 6.45) is 0.714. The summed E-state index contributed by atoms with van der Waals surface area (Å²) in [5, 5.41) is 11.5. The van der Waals surface area contributed by atoms with E-state index < -0.39 is 12.1 Å². The van der Waals surface area contributed by atoms with Crippen LogP contribution >= 0.6 is 11.3 Å². The summed E-state index contributed by atoms with van der Waals surface area (Å²) in [6.45, 7) is 5.51. The van der Waals surface area contributed by atoms with Gasteiger partial charge in [-0.15, -0.1) is 16.4 Å². The molecular formula is C18H16N6O3S. The molecule has 9 nitrogen and oxygen atoms in total. The van der Waals surface area contributed by atoms with Crippen LogP contribution < -0.4 is 5.56 Å². The van der Waals surface area contributed by atoms with Gasteiger partial charge in [0.25, 0.3) is 5.56 Å². The molecule has 0 radical (unpaired) electrons. The molecule has 0 saturated carbocycles. The van der Waals surface area contributed by atoms with Gasteiger partial charge in [-0.1, -0.05) is 6.07 Å². The lowest BCUT2D eigenvalue weighted by atomic mass is 10.2. The molecule has 4 aromatic rings. The van der Waals surface area contributed by atoms with Crippen LogP contribution in [0.15, 0.2) is 35.4 Å². The largest absolute Gasteiger partial charge is 0.451 e. The first-order valence-corrected chi connectivity index (χ1v) is 9.30. The highest BCUT2D eigenvalue weighted by Crippen LogP contribution is 2.27. The minimum absolute atomic E-state index is 0.231. The van der Waals surface area contributed by atoms with Gasteiger partial charge >= 0.3 is 5.97 Å². The van der Waals surface area contributed by atoms with Crippen molar-refractivity contribution in [1.29, 1.82) is 0 Å². The van der Waals surface area contributed by atoms with E-state index in [1.165, 1.54) is 22.3 Å². The van der Waals surface area contributed by atoms with Crippen molar-refractivity contribution in [1.82, 2.24) is 30.2 Å². The van der Waals surface area contributed by atoms with Crippen LogP contribution in [0.2, 0.25) is 0 Å². The van der Waals surface area contributed by atoms with Gasteiger partial charge in [-0.3, -0.25) is 4.79 Å². The lowest BCUT2D eigenvalue weighted by Crippen LogP contribution is -2.17. The molecule has 0 aliphatic heterocycles. The standard InChI is InChI=1S/C18H16N6O3S/c1-9-11(3)28-17-14(9)16(25)20-15(21-17)10(2)27-18(26)12-5-4-6-13(7-12)24-8-19-22-23-24/h4-8,10H,1-3H3,(H,20,21,25)/t10-/m1/s1. The minimum atomic E-state index is -0.719. The van der Waals surface area contributed by atoms with Crippen molar-refractivity contribution in [3.05, 3.63) is 62.8 Å². The van der Waals surface area contributed by atoms with Gasteiger partial charge in [0, 0.05) is 4.88 Å². The molecule has 0 saturated heterocycles. The summed E-state index contributed by atoms with van der Waals surface area (Å²) in [5.41, 5.74) is 1.66. The van der Waals surface area contributed by atoms with E-state index in [0.29, 0.717) is 27.3 Å². The average Bonchev–Trinajstić information content (AvgIpc) is 3.31. The smallest absolute Gasteiger partial charge is 0.338 e. The molecule has 1 aromatic carbocycles. The molecule has 142 valence electrons. The molecule has 0 aliphatic carbocycles. The fraction of sp³-hybridized carbons (Fsp3) is 0.222. The Morgan fingerprint density at radius 2 is 2.14 bits per heavy atom. The molecule has 1 N–H and O–H groups in total. The number of nitrogens with zero attached hydrogens (tertiary/aromatic N) is 5. The van der Waals surface area contributed by atoms with E-state index in [1.807, 2.05) is 13.8 Å². The molecule has 28 heavy (non-hydrogen) atoms. The van der Waals surface area contributed by atoms with Gasteiger partial charge < -0.3 is 9.72 Å². The summed E-state index contributed by atoms with van der Waals surface area (Å²) >= 11 is 1.45. The van der Waals surface area contributed by atoms with Crippen LogP contribution in [0.25, 0.3) is 15.9 Å². The highest BCUT2D eigenvalue weighted by Gasteiger charge is 2.19. The number of hydrogen-bond acceptors (Lipinski definition) is 8. The normalized spacial score (nSPS) is 12.2. The Balaban J connectivity index is 1.59. The zero-order valence-electron chi connectivity index (χ0n) is 15.3. The molecule has 0 aliphatic rings. The summed E-state index contributed by atoms with van der Waals surface area (Å²) in [6, 6.07) is 6.73. The highest BCUT2D eigenvalue weighted by atomic mass is 32.1. The van der Waals surface area contributed by atoms with Gasteiger partial charge in [-0.05, 0) is 55.0 Å². The molecule has 10 heteroatoms. The molecule has 0 amide bonds. The van der Waals surface area contributed by atoms with Gasteiger partial charge in [-0.2, -0.15) is 0 Å². The molecule has 1 atom stereocenters. The maximum Gasteiger partial charge on any atom is 0.338 e. The monoisotopic (exact) mass is 396 g/mol. The van der Waals surface area contributed by atoms with Crippen LogP contribution in [-0.2, 0) is 4.74 Å². The van der Waals surface area contributed by atoms with Crippen molar-refractivity contribution < 1.29 is 9.53 Å². The maximum atomic E-state index is 12.6. The van der Waals surface area contributed by atoms with Crippen molar-refractivity contribution in [2.24, 2.45) is 0 Å². The number of carbonyl (C=O) groups excluding carboxylic acids is 1. The highest BCUT2D eigenvalue weighted by molar-refractivity contribution is 7.18. The fourth-order valence-electron chi connectivity index (χ4n) is 2.80. The molecular weight excluding hydrogens is 380 g/mol. The predicted molar refractivity (Wildman–Crippen MR) is 103 cm³/mol. The zero-order valence-corrected chi connectivity index (χ0v) is 16.1. The minimum Gasteiger partial charge on any atom is -0.451 e. The summed E-state index contributed by atoms with van der Waals surface area (Å²) in [7, 11) is 0. The number of esters is 1. The molecule has 0 bridgehead atoms. The molecule has 0 unspecified atom stereocenters.